The standard InChI is InChI=1S/C16H14ClN3O3/c1-23-9-8-20-14-13(15(21)19-16(20)22)12(6-7-18-14)10-2-4-11(17)5-3-10/h2-7H,8-9H2,1H3,(H,19,21,22). The Morgan fingerprint density at radius 1 is 1.22 bits per heavy atom. The van der Waals surface area contributed by atoms with E-state index in [0.717, 1.165) is 5.56 Å². The van der Waals surface area contributed by atoms with E-state index in [1.807, 2.05) is 12.1 Å². The molecule has 0 unspecified atom stereocenters. The quantitative estimate of drug-likeness (QED) is 0.793. The van der Waals surface area contributed by atoms with E-state index >= 15 is 0 Å². The molecule has 0 saturated carbocycles. The van der Waals surface area contributed by atoms with Gasteiger partial charge in [-0.15, -0.1) is 0 Å². The van der Waals surface area contributed by atoms with E-state index in [9.17, 15) is 9.59 Å². The van der Waals surface area contributed by atoms with E-state index in [1.165, 1.54) is 4.57 Å². The van der Waals surface area contributed by atoms with Crippen LogP contribution in [0.15, 0.2) is 46.1 Å². The van der Waals surface area contributed by atoms with Gasteiger partial charge in [0.15, 0.2) is 0 Å². The summed E-state index contributed by atoms with van der Waals surface area (Å²) >= 11 is 5.91. The lowest BCUT2D eigenvalue weighted by molar-refractivity contribution is 0.187. The van der Waals surface area contributed by atoms with Gasteiger partial charge in [0.05, 0.1) is 18.5 Å². The van der Waals surface area contributed by atoms with E-state index in [4.69, 9.17) is 16.3 Å². The molecule has 23 heavy (non-hydrogen) atoms. The van der Waals surface area contributed by atoms with Crippen LogP contribution < -0.4 is 11.2 Å². The first-order chi connectivity index (χ1) is 11.1. The summed E-state index contributed by atoms with van der Waals surface area (Å²) < 4.78 is 6.42. The highest BCUT2D eigenvalue weighted by atomic mass is 35.5. The molecule has 0 spiro atoms. The van der Waals surface area contributed by atoms with Crippen LogP contribution in [0.1, 0.15) is 0 Å². The maximum atomic E-state index is 12.3. The molecule has 0 aliphatic rings. The average Bonchev–Trinajstić information content (AvgIpc) is 2.55. The van der Waals surface area contributed by atoms with Crippen LogP contribution in [0.3, 0.4) is 0 Å². The van der Waals surface area contributed by atoms with Gasteiger partial charge >= 0.3 is 5.69 Å². The van der Waals surface area contributed by atoms with Crippen molar-refractivity contribution < 1.29 is 4.74 Å². The van der Waals surface area contributed by atoms with E-state index < -0.39 is 11.2 Å². The number of ether oxygens (including phenoxy) is 1. The highest BCUT2D eigenvalue weighted by Crippen LogP contribution is 2.25. The molecule has 2 heterocycles. The summed E-state index contributed by atoms with van der Waals surface area (Å²) in [5.41, 5.74) is 0.892. The summed E-state index contributed by atoms with van der Waals surface area (Å²) in [6.45, 7) is 0.646. The fraction of sp³-hybridized carbons (Fsp3) is 0.188. The molecular weight excluding hydrogens is 318 g/mol. The fourth-order valence-electron chi connectivity index (χ4n) is 2.46. The maximum Gasteiger partial charge on any atom is 0.330 e. The molecule has 0 bridgehead atoms. The SMILES string of the molecule is COCCn1c(=O)[nH]c(=O)c2c(-c3ccc(Cl)cc3)ccnc21. The van der Waals surface area contributed by atoms with Crippen molar-refractivity contribution in [1.29, 1.82) is 0 Å². The summed E-state index contributed by atoms with van der Waals surface area (Å²) in [6.07, 6.45) is 1.58. The molecular formula is C16H14ClN3O3. The van der Waals surface area contributed by atoms with E-state index in [1.54, 1.807) is 31.5 Å². The predicted molar refractivity (Wildman–Crippen MR) is 88.9 cm³/mol. The lowest BCUT2D eigenvalue weighted by Gasteiger charge is -2.11. The van der Waals surface area contributed by atoms with Crippen LogP contribution in [-0.4, -0.2) is 28.3 Å². The van der Waals surface area contributed by atoms with Crippen molar-refractivity contribution in [3.8, 4) is 11.1 Å². The molecule has 3 aromatic rings. The summed E-state index contributed by atoms with van der Waals surface area (Å²) in [7, 11) is 1.55. The smallest absolute Gasteiger partial charge is 0.330 e. The lowest BCUT2D eigenvalue weighted by Crippen LogP contribution is -2.32. The molecule has 7 heteroatoms. The molecule has 0 amide bonds. The topological polar surface area (TPSA) is 77.0 Å². The number of benzene rings is 1. The summed E-state index contributed by atoms with van der Waals surface area (Å²) in [5.74, 6) is 0. The van der Waals surface area contributed by atoms with Gasteiger partial charge in [-0.1, -0.05) is 23.7 Å². The number of rotatable bonds is 4. The molecule has 1 aromatic carbocycles. The average molecular weight is 332 g/mol. The molecule has 118 valence electrons. The lowest BCUT2D eigenvalue weighted by atomic mass is 10.0. The normalized spacial score (nSPS) is 11.0. The van der Waals surface area contributed by atoms with Crippen LogP contribution in [-0.2, 0) is 11.3 Å². The van der Waals surface area contributed by atoms with Crippen LogP contribution in [0, 0.1) is 0 Å². The second-order valence-electron chi connectivity index (χ2n) is 4.97. The zero-order chi connectivity index (χ0) is 16.4. The number of fused-ring (bicyclic) bond motifs is 1. The minimum Gasteiger partial charge on any atom is -0.383 e. The maximum absolute atomic E-state index is 12.3. The molecule has 0 fully saturated rings. The van der Waals surface area contributed by atoms with Crippen LogP contribution in [0.25, 0.3) is 22.2 Å². The number of nitrogens with one attached hydrogen (secondary N) is 1. The van der Waals surface area contributed by atoms with Gasteiger partial charge in [0.25, 0.3) is 5.56 Å². The van der Waals surface area contributed by atoms with Crippen LogP contribution in [0.5, 0.6) is 0 Å². The third kappa shape index (κ3) is 2.91. The number of hydrogen-bond acceptors (Lipinski definition) is 4. The van der Waals surface area contributed by atoms with Crippen molar-refractivity contribution in [3.63, 3.8) is 0 Å². The van der Waals surface area contributed by atoms with E-state index in [2.05, 4.69) is 9.97 Å². The van der Waals surface area contributed by atoms with Crippen molar-refractivity contribution in [2.45, 2.75) is 6.54 Å². The molecule has 3 rings (SSSR count). The first kappa shape index (κ1) is 15.5. The monoisotopic (exact) mass is 331 g/mol. The Morgan fingerprint density at radius 3 is 2.65 bits per heavy atom. The van der Waals surface area contributed by atoms with Crippen molar-refractivity contribution in [1.82, 2.24) is 14.5 Å². The van der Waals surface area contributed by atoms with Crippen molar-refractivity contribution in [2.24, 2.45) is 0 Å². The number of H-pyrrole nitrogens is 1. The van der Waals surface area contributed by atoms with Crippen molar-refractivity contribution in [2.75, 3.05) is 13.7 Å². The Kier molecular flexibility index (Phi) is 4.27. The van der Waals surface area contributed by atoms with Gasteiger partial charge in [0, 0.05) is 18.3 Å². The molecule has 6 nitrogen and oxygen atoms in total. The van der Waals surface area contributed by atoms with Gasteiger partial charge in [0.1, 0.15) is 5.65 Å². The van der Waals surface area contributed by atoms with Gasteiger partial charge in [-0.25, -0.2) is 9.78 Å². The molecule has 2 aromatic heterocycles. The van der Waals surface area contributed by atoms with Crippen LogP contribution in [0.2, 0.25) is 5.02 Å². The fourth-order valence-corrected chi connectivity index (χ4v) is 2.59. The highest BCUT2D eigenvalue weighted by Gasteiger charge is 2.13. The minimum atomic E-state index is -0.500. The van der Waals surface area contributed by atoms with Gasteiger partial charge < -0.3 is 4.74 Å². The summed E-state index contributed by atoms with van der Waals surface area (Å²) in [5, 5.41) is 0.976. The zero-order valence-electron chi connectivity index (χ0n) is 12.4. The number of pyridine rings is 1. The number of nitrogens with zero attached hydrogens (tertiary/aromatic N) is 2. The van der Waals surface area contributed by atoms with Gasteiger partial charge in [-0.2, -0.15) is 0 Å². The molecule has 0 aliphatic heterocycles. The molecule has 1 N–H and O–H groups in total. The Labute approximate surface area is 136 Å². The third-order valence-corrected chi connectivity index (χ3v) is 3.81. The summed E-state index contributed by atoms with van der Waals surface area (Å²) in [4.78, 5) is 30.9. The highest BCUT2D eigenvalue weighted by molar-refractivity contribution is 6.30. The number of methoxy groups -OCH3 is 1. The largest absolute Gasteiger partial charge is 0.383 e. The summed E-state index contributed by atoms with van der Waals surface area (Å²) in [6, 6.07) is 8.88. The van der Waals surface area contributed by atoms with Crippen LogP contribution in [0.4, 0.5) is 0 Å². The number of hydrogen-bond donors (Lipinski definition) is 1. The molecule has 0 saturated heterocycles. The van der Waals surface area contributed by atoms with Gasteiger partial charge in [0.2, 0.25) is 0 Å². The van der Waals surface area contributed by atoms with Gasteiger partial charge in [-0.05, 0) is 29.3 Å². The molecule has 0 aliphatic carbocycles. The Bertz CT molecular complexity index is 961. The predicted octanol–water partition coefficient (Wildman–Crippen LogP) is 2.05. The molecule has 0 atom stereocenters. The van der Waals surface area contributed by atoms with Crippen LogP contribution >= 0.6 is 11.6 Å². The Balaban J connectivity index is 2.31. The van der Waals surface area contributed by atoms with E-state index in [0.29, 0.717) is 34.8 Å². The van der Waals surface area contributed by atoms with Crippen molar-refractivity contribution in [3.05, 3.63) is 62.4 Å². The first-order valence-electron chi connectivity index (χ1n) is 6.98. The third-order valence-electron chi connectivity index (χ3n) is 3.55. The Morgan fingerprint density at radius 2 is 1.96 bits per heavy atom. The number of halogens is 1. The van der Waals surface area contributed by atoms with Gasteiger partial charge in [-0.3, -0.25) is 14.3 Å². The minimum absolute atomic E-state index is 0.305. The zero-order valence-corrected chi connectivity index (χ0v) is 13.1. The number of aromatic amines is 1. The Hall–Kier alpha value is -2.44. The second-order valence-corrected chi connectivity index (χ2v) is 5.40. The number of aromatic nitrogens is 3. The van der Waals surface area contributed by atoms with Crippen molar-refractivity contribution >= 4 is 22.6 Å². The van der Waals surface area contributed by atoms with E-state index in [-0.39, 0.29) is 0 Å². The first-order valence-corrected chi connectivity index (χ1v) is 7.36. The molecule has 0 radical (unpaired) electrons. The second kappa shape index (κ2) is 6.36.